The van der Waals surface area contributed by atoms with Crippen molar-refractivity contribution in [1.82, 2.24) is 0 Å². The Hall–Kier alpha value is -1.20. The number of rotatable bonds is 5. The van der Waals surface area contributed by atoms with Crippen LogP contribution in [0.4, 0.5) is 0 Å². The smallest absolute Gasteiger partial charge is 0.257 e. The third-order valence-corrected chi connectivity index (χ3v) is 4.27. The van der Waals surface area contributed by atoms with Gasteiger partial charge in [-0.1, -0.05) is 30.3 Å². The summed E-state index contributed by atoms with van der Waals surface area (Å²) in [5.74, 6) is 0. The monoisotopic (exact) mass is 269 g/mol. The predicted octanol–water partition coefficient (Wildman–Crippen LogP) is 2.40. The van der Waals surface area contributed by atoms with Gasteiger partial charge in [0.05, 0.1) is 18.0 Å². The Balaban J connectivity index is 2.39. The van der Waals surface area contributed by atoms with Gasteiger partial charge in [-0.25, -0.2) is 8.42 Å². The van der Waals surface area contributed by atoms with E-state index in [1.807, 2.05) is 30.3 Å². The fraction of sp³-hybridized carbons (Fsp3) is 0.462. The number of hydrogen-bond donors (Lipinski definition) is 0. The van der Waals surface area contributed by atoms with Crippen LogP contribution < -0.4 is 0 Å². The van der Waals surface area contributed by atoms with Gasteiger partial charge in [-0.05, 0) is 26.3 Å². The SMILES string of the molecule is CC(C)(C)S(=O)(=O)N=CCOCc1ccccc1. The zero-order valence-corrected chi connectivity index (χ0v) is 11.8. The largest absolute Gasteiger partial charge is 0.371 e. The standard InChI is InChI=1S/C13H19NO3S/c1-13(2,3)18(15,16)14-9-10-17-11-12-7-5-4-6-8-12/h4-9H,10-11H2,1-3H3. The lowest BCUT2D eigenvalue weighted by Crippen LogP contribution is -2.26. The van der Waals surface area contributed by atoms with Crippen LogP contribution >= 0.6 is 0 Å². The van der Waals surface area contributed by atoms with Gasteiger partial charge in [0, 0.05) is 6.21 Å². The van der Waals surface area contributed by atoms with Gasteiger partial charge < -0.3 is 4.74 Å². The highest BCUT2D eigenvalue weighted by molar-refractivity contribution is 7.91. The van der Waals surface area contributed by atoms with E-state index in [0.29, 0.717) is 6.61 Å². The molecule has 0 saturated heterocycles. The molecule has 18 heavy (non-hydrogen) atoms. The van der Waals surface area contributed by atoms with Crippen LogP contribution in [0.3, 0.4) is 0 Å². The van der Waals surface area contributed by atoms with Crippen molar-refractivity contribution in [1.29, 1.82) is 0 Å². The molecule has 0 saturated carbocycles. The minimum Gasteiger partial charge on any atom is -0.371 e. The lowest BCUT2D eigenvalue weighted by molar-refractivity contribution is 0.160. The van der Waals surface area contributed by atoms with Gasteiger partial charge in [0.1, 0.15) is 0 Å². The molecule has 4 nitrogen and oxygen atoms in total. The van der Waals surface area contributed by atoms with Crippen LogP contribution in [0, 0.1) is 0 Å². The fourth-order valence-electron chi connectivity index (χ4n) is 1.09. The Morgan fingerprint density at radius 3 is 2.39 bits per heavy atom. The Kier molecular flexibility index (Phi) is 5.04. The molecular formula is C13H19NO3S. The van der Waals surface area contributed by atoms with Crippen LogP contribution in [0.1, 0.15) is 26.3 Å². The van der Waals surface area contributed by atoms with Crippen molar-refractivity contribution in [2.24, 2.45) is 4.40 Å². The van der Waals surface area contributed by atoms with E-state index in [1.54, 1.807) is 20.8 Å². The number of benzene rings is 1. The van der Waals surface area contributed by atoms with Gasteiger partial charge >= 0.3 is 0 Å². The first-order chi connectivity index (χ1) is 8.33. The second-order valence-corrected chi connectivity index (χ2v) is 7.26. The van der Waals surface area contributed by atoms with Crippen LogP contribution in [-0.2, 0) is 21.4 Å². The van der Waals surface area contributed by atoms with Crippen molar-refractivity contribution in [3.05, 3.63) is 35.9 Å². The van der Waals surface area contributed by atoms with Gasteiger partial charge in [0.15, 0.2) is 0 Å². The highest BCUT2D eigenvalue weighted by atomic mass is 32.2. The molecule has 0 aliphatic heterocycles. The van der Waals surface area contributed by atoms with E-state index in [1.165, 1.54) is 6.21 Å². The highest BCUT2D eigenvalue weighted by Crippen LogP contribution is 2.16. The molecule has 0 bridgehead atoms. The van der Waals surface area contributed by atoms with E-state index < -0.39 is 14.8 Å². The summed E-state index contributed by atoms with van der Waals surface area (Å²) in [6.45, 7) is 5.48. The minimum atomic E-state index is -3.45. The molecule has 0 N–H and O–H groups in total. The van der Waals surface area contributed by atoms with Gasteiger partial charge in [-0.3, -0.25) is 0 Å². The van der Waals surface area contributed by atoms with Crippen LogP contribution in [0.5, 0.6) is 0 Å². The van der Waals surface area contributed by atoms with Crippen molar-refractivity contribution < 1.29 is 13.2 Å². The molecule has 0 radical (unpaired) electrons. The van der Waals surface area contributed by atoms with Crippen molar-refractivity contribution >= 4 is 16.2 Å². The Bertz CT molecular complexity index is 487. The van der Waals surface area contributed by atoms with Crippen molar-refractivity contribution in [2.45, 2.75) is 32.1 Å². The summed E-state index contributed by atoms with van der Waals surface area (Å²) >= 11 is 0. The molecular weight excluding hydrogens is 250 g/mol. The zero-order valence-electron chi connectivity index (χ0n) is 11.0. The van der Waals surface area contributed by atoms with E-state index in [9.17, 15) is 8.42 Å². The van der Waals surface area contributed by atoms with Crippen LogP contribution in [-0.4, -0.2) is 26.0 Å². The summed E-state index contributed by atoms with van der Waals surface area (Å²) in [6, 6.07) is 9.68. The first-order valence-electron chi connectivity index (χ1n) is 5.73. The maximum absolute atomic E-state index is 11.6. The first kappa shape index (κ1) is 14.9. The van der Waals surface area contributed by atoms with Gasteiger partial charge in [0.2, 0.25) is 0 Å². The molecule has 5 heteroatoms. The average Bonchev–Trinajstić information content (AvgIpc) is 2.28. The number of ether oxygens (including phenoxy) is 1. The summed E-state index contributed by atoms with van der Waals surface area (Å²) in [5.41, 5.74) is 1.05. The molecule has 0 amide bonds. The van der Waals surface area contributed by atoms with Crippen LogP contribution in [0.2, 0.25) is 0 Å². The zero-order chi connectivity index (χ0) is 13.6. The lowest BCUT2D eigenvalue weighted by Gasteiger charge is -2.14. The quantitative estimate of drug-likeness (QED) is 0.609. The van der Waals surface area contributed by atoms with E-state index in [4.69, 9.17) is 4.74 Å². The van der Waals surface area contributed by atoms with Crippen LogP contribution in [0.25, 0.3) is 0 Å². The van der Waals surface area contributed by atoms with E-state index in [0.717, 1.165) is 5.56 Å². The van der Waals surface area contributed by atoms with E-state index in [2.05, 4.69) is 4.40 Å². The number of hydrogen-bond acceptors (Lipinski definition) is 3. The normalized spacial score (nSPS) is 13.1. The summed E-state index contributed by atoms with van der Waals surface area (Å²) in [5, 5.41) is 0. The summed E-state index contributed by atoms with van der Waals surface area (Å²) in [7, 11) is -3.45. The Morgan fingerprint density at radius 2 is 1.83 bits per heavy atom. The maximum atomic E-state index is 11.6. The molecule has 0 aromatic heterocycles. The lowest BCUT2D eigenvalue weighted by atomic mass is 10.2. The maximum Gasteiger partial charge on any atom is 0.257 e. The topological polar surface area (TPSA) is 55.7 Å². The summed E-state index contributed by atoms with van der Waals surface area (Å²) in [4.78, 5) is 0. The fourth-order valence-corrected chi connectivity index (χ4v) is 1.66. The third kappa shape index (κ3) is 4.58. The molecule has 100 valence electrons. The molecule has 0 heterocycles. The predicted molar refractivity (Wildman–Crippen MR) is 73.3 cm³/mol. The second-order valence-electron chi connectivity index (χ2n) is 4.88. The third-order valence-electron chi connectivity index (χ3n) is 2.29. The van der Waals surface area contributed by atoms with Crippen LogP contribution in [0.15, 0.2) is 34.7 Å². The Morgan fingerprint density at radius 1 is 1.22 bits per heavy atom. The molecule has 0 spiro atoms. The van der Waals surface area contributed by atoms with Crippen molar-refractivity contribution in [3.63, 3.8) is 0 Å². The molecule has 1 rings (SSSR count). The molecule has 0 atom stereocenters. The minimum absolute atomic E-state index is 0.185. The second kappa shape index (κ2) is 6.11. The summed E-state index contributed by atoms with van der Waals surface area (Å²) in [6.07, 6.45) is 1.30. The first-order valence-corrected chi connectivity index (χ1v) is 7.17. The number of nitrogens with zero attached hydrogens (tertiary/aromatic N) is 1. The van der Waals surface area contributed by atoms with Gasteiger partial charge in [-0.2, -0.15) is 4.40 Å². The molecule has 0 fully saturated rings. The molecule has 1 aromatic carbocycles. The average molecular weight is 269 g/mol. The van der Waals surface area contributed by atoms with Crippen molar-refractivity contribution in [3.8, 4) is 0 Å². The number of sulfonamides is 1. The molecule has 0 aliphatic rings. The van der Waals surface area contributed by atoms with E-state index in [-0.39, 0.29) is 6.61 Å². The Labute approximate surface area is 109 Å². The highest BCUT2D eigenvalue weighted by Gasteiger charge is 2.27. The van der Waals surface area contributed by atoms with Gasteiger partial charge in [-0.15, -0.1) is 0 Å². The van der Waals surface area contributed by atoms with Crippen molar-refractivity contribution in [2.75, 3.05) is 6.61 Å². The molecule has 0 aliphatic carbocycles. The van der Waals surface area contributed by atoms with Gasteiger partial charge in [0.25, 0.3) is 10.0 Å². The summed E-state index contributed by atoms with van der Waals surface area (Å²) < 4.78 is 31.3. The van der Waals surface area contributed by atoms with E-state index >= 15 is 0 Å². The molecule has 0 unspecified atom stereocenters. The molecule has 1 aromatic rings.